The lowest BCUT2D eigenvalue weighted by molar-refractivity contribution is -0.119. The van der Waals surface area contributed by atoms with Crippen molar-refractivity contribution in [2.24, 2.45) is 5.73 Å². The predicted octanol–water partition coefficient (Wildman–Crippen LogP) is -1.91. The van der Waals surface area contributed by atoms with E-state index in [1.165, 1.54) is 0 Å². The number of primary amides is 1. The SMILES string of the molecule is NC(=O)[C@@H]1C[C@@H](S(=O)(=O)O)CN1. The summed E-state index contributed by atoms with van der Waals surface area (Å²) in [4.78, 5) is 10.6. The van der Waals surface area contributed by atoms with Gasteiger partial charge in [0.1, 0.15) is 5.25 Å². The molecular weight excluding hydrogens is 184 g/mol. The summed E-state index contributed by atoms with van der Waals surface area (Å²) in [5.41, 5.74) is 4.93. The van der Waals surface area contributed by atoms with Crippen LogP contribution in [-0.4, -0.2) is 36.7 Å². The number of hydrogen-bond donors (Lipinski definition) is 3. The topological polar surface area (TPSA) is 109 Å². The molecule has 1 amide bonds. The smallest absolute Gasteiger partial charge is 0.269 e. The second-order valence-corrected chi connectivity index (χ2v) is 4.43. The average Bonchev–Trinajstić information content (AvgIpc) is 2.30. The highest BCUT2D eigenvalue weighted by molar-refractivity contribution is 7.86. The van der Waals surface area contributed by atoms with Crippen molar-refractivity contribution in [3.63, 3.8) is 0 Å². The van der Waals surface area contributed by atoms with Crippen molar-refractivity contribution in [3.8, 4) is 0 Å². The Balaban J connectivity index is 2.64. The number of amides is 1. The first-order chi connectivity index (χ1) is 5.41. The predicted molar refractivity (Wildman–Crippen MR) is 40.9 cm³/mol. The monoisotopic (exact) mass is 194 g/mol. The molecule has 0 bridgehead atoms. The Kier molecular flexibility index (Phi) is 2.36. The van der Waals surface area contributed by atoms with Gasteiger partial charge in [0.25, 0.3) is 10.1 Å². The van der Waals surface area contributed by atoms with E-state index in [2.05, 4.69) is 5.32 Å². The van der Waals surface area contributed by atoms with Crippen LogP contribution in [0.15, 0.2) is 0 Å². The molecule has 7 heteroatoms. The number of carbonyl (C=O) groups excluding carboxylic acids is 1. The van der Waals surface area contributed by atoms with Gasteiger partial charge >= 0.3 is 0 Å². The Morgan fingerprint density at radius 3 is 2.42 bits per heavy atom. The summed E-state index contributed by atoms with van der Waals surface area (Å²) in [5, 5.41) is 1.69. The number of nitrogens with two attached hydrogens (primary N) is 1. The Morgan fingerprint density at radius 2 is 2.17 bits per heavy atom. The first-order valence-electron chi connectivity index (χ1n) is 3.40. The molecule has 1 fully saturated rings. The van der Waals surface area contributed by atoms with Crippen molar-refractivity contribution in [2.45, 2.75) is 17.7 Å². The highest BCUT2D eigenvalue weighted by atomic mass is 32.2. The van der Waals surface area contributed by atoms with E-state index < -0.39 is 27.3 Å². The molecule has 12 heavy (non-hydrogen) atoms. The second-order valence-electron chi connectivity index (χ2n) is 2.74. The first-order valence-corrected chi connectivity index (χ1v) is 4.90. The number of hydrogen-bond acceptors (Lipinski definition) is 4. The summed E-state index contributed by atoms with van der Waals surface area (Å²) in [6.45, 7) is 0.0758. The van der Waals surface area contributed by atoms with Crippen molar-refractivity contribution < 1.29 is 17.8 Å². The van der Waals surface area contributed by atoms with Gasteiger partial charge in [-0.3, -0.25) is 9.35 Å². The lowest BCUT2D eigenvalue weighted by Crippen LogP contribution is -2.36. The van der Waals surface area contributed by atoms with E-state index in [9.17, 15) is 13.2 Å². The Morgan fingerprint density at radius 1 is 1.58 bits per heavy atom. The van der Waals surface area contributed by atoms with Crippen LogP contribution < -0.4 is 11.1 Å². The maximum absolute atomic E-state index is 10.6. The quantitative estimate of drug-likeness (QED) is 0.444. The maximum atomic E-state index is 10.6. The minimum atomic E-state index is -4.04. The van der Waals surface area contributed by atoms with E-state index in [0.29, 0.717) is 0 Å². The van der Waals surface area contributed by atoms with Gasteiger partial charge in [0, 0.05) is 6.54 Å². The van der Waals surface area contributed by atoms with Crippen molar-refractivity contribution in [3.05, 3.63) is 0 Å². The van der Waals surface area contributed by atoms with E-state index in [1.807, 2.05) is 0 Å². The largest absolute Gasteiger partial charge is 0.368 e. The van der Waals surface area contributed by atoms with Gasteiger partial charge in [-0.1, -0.05) is 0 Å². The first kappa shape index (κ1) is 9.43. The number of rotatable bonds is 2. The third kappa shape index (κ3) is 1.93. The van der Waals surface area contributed by atoms with Crippen LogP contribution in [0.5, 0.6) is 0 Å². The van der Waals surface area contributed by atoms with E-state index in [4.69, 9.17) is 10.3 Å². The van der Waals surface area contributed by atoms with Gasteiger partial charge in [-0.2, -0.15) is 8.42 Å². The zero-order valence-electron chi connectivity index (χ0n) is 6.23. The zero-order valence-corrected chi connectivity index (χ0v) is 7.04. The Bertz CT molecular complexity index is 286. The van der Waals surface area contributed by atoms with Gasteiger partial charge in [0.05, 0.1) is 6.04 Å². The summed E-state index contributed by atoms with van der Waals surface area (Å²) in [6.07, 6.45) is 0.0498. The van der Waals surface area contributed by atoms with Gasteiger partial charge in [0.15, 0.2) is 0 Å². The maximum Gasteiger partial charge on any atom is 0.269 e. The molecule has 4 N–H and O–H groups in total. The second kappa shape index (κ2) is 3.00. The fraction of sp³-hybridized carbons (Fsp3) is 0.800. The van der Waals surface area contributed by atoms with E-state index in [-0.39, 0.29) is 13.0 Å². The lowest BCUT2D eigenvalue weighted by Gasteiger charge is -2.03. The van der Waals surface area contributed by atoms with Crippen LogP contribution in [0.4, 0.5) is 0 Å². The molecule has 1 saturated heterocycles. The molecule has 1 heterocycles. The molecule has 0 saturated carbocycles. The van der Waals surface area contributed by atoms with Gasteiger partial charge in [-0.05, 0) is 6.42 Å². The summed E-state index contributed by atoms with van der Waals surface area (Å²) in [6, 6.07) is -0.642. The molecule has 0 aromatic rings. The van der Waals surface area contributed by atoms with E-state index in [1.54, 1.807) is 0 Å². The summed E-state index contributed by atoms with van der Waals surface area (Å²) in [5.74, 6) is -0.596. The summed E-state index contributed by atoms with van der Waals surface area (Å²) < 4.78 is 29.7. The van der Waals surface area contributed by atoms with Crippen molar-refractivity contribution in [1.82, 2.24) is 5.32 Å². The van der Waals surface area contributed by atoms with Crippen LogP contribution in [0, 0.1) is 0 Å². The molecule has 0 radical (unpaired) electrons. The van der Waals surface area contributed by atoms with Crippen LogP contribution in [0.3, 0.4) is 0 Å². The molecular formula is C5H10N2O4S. The highest BCUT2D eigenvalue weighted by Gasteiger charge is 2.35. The molecule has 6 nitrogen and oxygen atoms in total. The van der Waals surface area contributed by atoms with Crippen molar-refractivity contribution in [1.29, 1.82) is 0 Å². The zero-order chi connectivity index (χ0) is 9.35. The number of nitrogens with one attached hydrogen (secondary N) is 1. The third-order valence-corrected chi connectivity index (χ3v) is 3.06. The van der Waals surface area contributed by atoms with E-state index in [0.717, 1.165) is 0 Å². The van der Waals surface area contributed by atoms with Crippen LogP contribution in [0.2, 0.25) is 0 Å². The Labute approximate surface area is 69.9 Å². The van der Waals surface area contributed by atoms with Crippen LogP contribution in [0.1, 0.15) is 6.42 Å². The van der Waals surface area contributed by atoms with Gasteiger partial charge < -0.3 is 11.1 Å². The fourth-order valence-corrected chi connectivity index (χ4v) is 1.89. The van der Waals surface area contributed by atoms with Crippen molar-refractivity contribution in [2.75, 3.05) is 6.54 Å². The van der Waals surface area contributed by atoms with Crippen molar-refractivity contribution >= 4 is 16.0 Å². The standard InChI is InChI=1S/C5H10N2O4S/c6-5(8)4-1-3(2-7-4)12(9,10)11/h3-4,7H,1-2H2,(H2,6,8)(H,9,10,11)/t3-,4+/m1/s1. The third-order valence-electron chi connectivity index (χ3n) is 1.86. The molecule has 1 rings (SSSR count). The molecule has 0 aromatic carbocycles. The molecule has 70 valence electrons. The highest BCUT2D eigenvalue weighted by Crippen LogP contribution is 2.13. The molecule has 0 unspecified atom stereocenters. The molecule has 1 aliphatic rings. The molecule has 0 spiro atoms. The van der Waals surface area contributed by atoms with Gasteiger partial charge in [-0.25, -0.2) is 0 Å². The lowest BCUT2D eigenvalue weighted by atomic mass is 10.2. The van der Waals surface area contributed by atoms with Crippen LogP contribution in [0.25, 0.3) is 0 Å². The normalized spacial score (nSPS) is 30.4. The van der Waals surface area contributed by atoms with E-state index >= 15 is 0 Å². The average molecular weight is 194 g/mol. The molecule has 0 aliphatic carbocycles. The van der Waals surface area contributed by atoms with Crippen LogP contribution in [-0.2, 0) is 14.9 Å². The minimum absolute atomic E-state index is 0.0498. The fourth-order valence-electron chi connectivity index (χ4n) is 1.15. The Hall–Kier alpha value is -0.660. The van der Waals surface area contributed by atoms with Crippen LogP contribution >= 0.6 is 0 Å². The molecule has 1 aliphatic heterocycles. The minimum Gasteiger partial charge on any atom is -0.368 e. The molecule has 0 aromatic heterocycles. The van der Waals surface area contributed by atoms with Gasteiger partial charge in [-0.15, -0.1) is 0 Å². The van der Waals surface area contributed by atoms with Gasteiger partial charge in [0.2, 0.25) is 5.91 Å². The number of carbonyl (C=O) groups is 1. The summed E-state index contributed by atoms with van der Waals surface area (Å²) in [7, 11) is -4.04. The summed E-state index contributed by atoms with van der Waals surface area (Å²) >= 11 is 0. The molecule has 2 atom stereocenters.